The molecule has 2 aromatic carbocycles. The molecule has 0 heterocycles. The summed E-state index contributed by atoms with van der Waals surface area (Å²) in [6, 6.07) is 20.6. The van der Waals surface area contributed by atoms with Gasteiger partial charge in [-0.25, -0.2) is 0 Å². The van der Waals surface area contributed by atoms with Crippen molar-refractivity contribution in [3.63, 3.8) is 0 Å². The van der Waals surface area contributed by atoms with E-state index in [-0.39, 0.29) is 17.7 Å². The Morgan fingerprint density at radius 1 is 0.920 bits per heavy atom. The molecule has 0 atom stereocenters. The minimum absolute atomic E-state index is 0.178. The number of rotatable bonds is 7. The van der Waals surface area contributed by atoms with Crippen molar-refractivity contribution in [3.8, 4) is 0 Å². The summed E-state index contributed by atoms with van der Waals surface area (Å²) in [5.41, 5.74) is 1.54. The zero-order valence-electron chi connectivity index (χ0n) is 15.1. The first-order chi connectivity index (χ1) is 11.9. The second-order valence-electron chi connectivity index (χ2n) is 6.72. The fourth-order valence-electron chi connectivity index (χ4n) is 2.94. The van der Waals surface area contributed by atoms with E-state index in [9.17, 15) is 9.59 Å². The van der Waals surface area contributed by atoms with Gasteiger partial charge in [-0.05, 0) is 31.4 Å². The lowest BCUT2D eigenvalue weighted by Crippen LogP contribution is -2.54. The van der Waals surface area contributed by atoms with Crippen molar-refractivity contribution in [1.82, 2.24) is 10.6 Å². The maximum absolute atomic E-state index is 12.3. The first-order valence-electron chi connectivity index (χ1n) is 8.57. The van der Waals surface area contributed by atoms with Crippen molar-refractivity contribution in [1.29, 1.82) is 0 Å². The summed E-state index contributed by atoms with van der Waals surface area (Å²) >= 11 is 0. The predicted octanol–water partition coefficient (Wildman–Crippen LogP) is 3.24. The van der Waals surface area contributed by atoms with E-state index >= 15 is 0 Å². The summed E-state index contributed by atoms with van der Waals surface area (Å²) in [4.78, 5) is 23.6. The Labute approximate surface area is 149 Å². The minimum Gasteiger partial charge on any atom is -0.354 e. The van der Waals surface area contributed by atoms with Gasteiger partial charge >= 0.3 is 0 Å². The second-order valence-corrected chi connectivity index (χ2v) is 6.72. The van der Waals surface area contributed by atoms with Crippen molar-refractivity contribution in [2.75, 3.05) is 6.54 Å². The molecule has 0 unspecified atom stereocenters. The van der Waals surface area contributed by atoms with Gasteiger partial charge in [0, 0.05) is 19.4 Å². The Kier molecular flexibility index (Phi) is 6.34. The molecule has 0 aliphatic rings. The lowest BCUT2D eigenvalue weighted by Gasteiger charge is -2.25. The van der Waals surface area contributed by atoms with E-state index in [1.165, 1.54) is 18.1 Å². The van der Waals surface area contributed by atoms with Crippen LogP contribution in [0.15, 0.2) is 60.7 Å². The third kappa shape index (κ3) is 5.45. The van der Waals surface area contributed by atoms with Crippen molar-refractivity contribution < 1.29 is 9.59 Å². The topological polar surface area (TPSA) is 58.2 Å². The van der Waals surface area contributed by atoms with Gasteiger partial charge < -0.3 is 10.6 Å². The number of hydrogen-bond donors (Lipinski definition) is 2. The standard InChI is InChI=1S/C21H26N2O2/c1-16(24)23-21(2,3)20(25)22-15-14-19(17-10-6-4-7-11-17)18-12-8-5-9-13-18/h4-13,19H,14-15H2,1-3H3,(H,22,25)(H,23,24). The number of hydrogen-bond acceptors (Lipinski definition) is 2. The highest BCUT2D eigenvalue weighted by Gasteiger charge is 2.28. The van der Waals surface area contributed by atoms with E-state index in [1.54, 1.807) is 13.8 Å². The quantitative estimate of drug-likeness (QED) is 0.814. The van der Waals surface area contributed by atoms with Gasteiger partial charge in [-0.2, -0.15) is 0 Å². The van der Waals surface area contributed by atoms with Crippen LogP contribution in [0.5, 0.6) is 0 Å². The normalized spacial score (nSPS) is 11.2. The van der Waals surface area contributed by atoms with Crippen molar-refractivity contribution >= 4 is 11.8 Å². The maximum atomic E-state index is 12.3. The Bertz CT molecular complexity index is 657. The maximum Gasteiger partial charge on any atom is 0.245 e. The molecule has 25 heavy (non-hydrogen) atoms. The lowest BCUT2D eigenvalue weighted by atomic mass is 9.88. The molecule has 0 fully saturated rings. The fraction of sp³-hybridized carbons (Fsp3) is 0.333. The zero-order chi connectivity index (χ0) is 18.3. The van der Waals surface area contributed by atoms with Crippen LogP contribution in [-0.2, 0) is 9.59 Å². The van der Waals surface area contributed by atoms with Crippen LogP contribution >= 0.6 is 0 Å². The molecular weight excluding hydrogens is 312 g/mol. The van der Waals surface area contributed by atoms with Crippen LogP contribution in [0.25, 0.3) is 0 Å². The van der Waals surface area contributed by atoms with Gasteiger partial charge in [-0.1, -0.05) is 60.7 Å². The molecule has 0 radical (unpaired) electrons. The number of carbonyl (C=O) groups is 2. The van der Waals surface area contributed by atoms with Crippen molar-refractivity contribution in [3.05, 3.63) is 71.8 Å². The third-order valence-corrected chi connectivity index (χ3v) is 4.18. The largest absolute Gasteiger partial charge is 0.354 e. The van der Waals surface area contributed by atoms with Crippen LogP contribution in [0.3, 0.4) is 0 Å². The fourth-order valence-corrected chi connectivity index (χ4v) is 2.94. The molecule has 132 valence electrons. The number of nitrogens with one attached hydrogen (secondary N) is 2. The van der Waals surface area contributed by atoms with Gasteiger partial charge in [0.05, 0.1) is 0 Å². The molecule has 0 bridgehead atoms. The molecule has 0 aliphatic heterocycles. The molecule has 2 rings (SSSR count). The van der Waals surface area contributed by atoms with Crippen LogP contribution in [-0.4, -0.2) is 23.9 Å². The first-order valence-corrected chi connectivity index (χ1v) is 8.57. The Morgan fingerprint density at radius 3 is 1.84 bits per heavy atom. The SMILES string of the molecule is CC(=O)NC(C)(C)C(=O)NCCC(c1ccccc1)c1ccccc1. The summed E-state index contributed by atoms with van der Waals surface area (Å²) in [6.45, 7) is 5.36. The molecule has 0 aromatic heterocycles. The van der Waals surface area contributed by atoms with Crippen LogP contribution in [0, 0.1) is 0 Å². The van der Waals surface area contributed by atoms with E-state index in [0.717, 1.165) is 6.42 Å². The molecule has 4 heteroatoms. The minimum atomic E-state index is -0.916. The number of benzene rings is 2. The molecule has 0 saturated heterocycles. The average Bonchev–Trinajstić information content (AvgIpc) is 2.59. The lowest BCUT2D eigenvalue weighted by molar-refractivity contribution is -0.131. The Morgan fingerprint density at radius 2 is 1.40 bits per heavy atom. The summed E-state index contributed by atoms with van der Waals surface area (Å²) < 4.78 is 0. The molecular formula is C21H26N2O2. The summed E-state index contributed by atoms with van der Waals surface area (Å²) in [6.07, 6.45) is 0.788. The smallest absolute Gasteiger partial charge is 0.245 e. The molecule has 0 saturated carbocycles. The van der Waals surface area contributed by atoms with Gasteiger partial charge in [0.1, 0.15) is 5.54 Å². The van der Waals surface area contributed by atoms with E-state index in [1.807, 2.05) is 36.4 Å². The zero-order valence-corrected chi connectivity index (χ0v) is 15.1. The molecule has 0 spiro atoms. The highest BCUT2D eigenvalue weighted by molar-refractivity contribution is 5.90. The molecule has 0 aliphatic carbocycles. The highest BCUT2D eigenvalue weighted by atomic mass is 16.2. The molecule has 2 N–H and O–H groups in total. The van der Waals surface area contributed by atoms with Gasteiger partial charge in [-0.3, -0.25) is 9.59 Å². The van der Waals surface area contributed by atoms with Crippen LogP contribution in [0.4, 0.5) is 0 Å². The van der Waals surface area contributed by atoms with Crippen molar-refractivity contribution in [2.45, 2.75) is 38.6 Å². The average molecular weight is 338 g/mol. The Balaban J connectivity index is 2.04. The van der Waals surface area contributed by atoms with Gasteiger partial charge in [0.15, 0.2) is 0 Å². The van der Waals surface area contributed by atoms with E-state index in [2.05, 4.69) is 34.9 Å². The molecule has 2 aromatic rings. The van der Waals surface area contributed by atoms with Crippen molar-refractivity contribution in [2.24, 2.45) is 0 Å². The highest BCUT2D eigenvalue weighted by Crippen LogP contribution is 2.27. The summed E-state index contributed by atoms with van der Waals surface area (Å²) in [5, 5.41) is 5.61. The van der Waals surface area contributed by atoms with E-state index in [0.29, 0.717) is 6.54 Å². The van der Waals surface area contributed by atoms with Gasteiger partial charge in [-0.15, -0.1) is 0 Å². The van der Waals surface area contributed by atoms with Crippen LogP contribution in [0.1, 0.15) is 44.2 Å². The van der Waals surface area contributed by atoms with Gasteiger partial charge in [0.25, 0.3) is 0 Å². The molecule has 4 nitrogen and oxygen atoms in total. The summed E-state index contributed by atoms with van der Waals surface area (Å²) in [5.74, 6) is -0.180. The van der Waals surface area contributed by atoms with E-state index in [4.69, 9.17) is 0 Å². The second kappa shape index (κ2) is 8.47. The number of amides is 2. The molecule has 2 amide bonds. The number of carbonyl (C=O) groups excluding carboxylic acids is 2. The van der Waals surface area contributed by atoms with Gasteiger partial charge in [0.2, 0.25) is 11.8 Å². The summed E-state index contributed by atoms with van der Waals surface area (Å²) in [7, 11) is 0. The van der Waals surface area contributed by atoms with Crippen LogP contribution in [0.2, 0.25) is 0 Å². The third-order valence-electron chi connectivity index (χ3n) is 4.18. The van der Waals surface area contributed by atoms with E-state index < -0.39 is 5.54 Å². The predicted molar refractivity (Wildman–Crippen MR) is 100 cm³/mol. The monoisotopic (exact) mass is 338 g/mol. The first kappa shape index (κ1) is 18.7. The van der Waals surface area contributed by atoms with Crippen LogP contribution < -0.4 is 10.6 Å². The Hall–Kier alpha value is -2.62.